The molecule has 1 amide bonds. The second-order valence-electron chi connectivity index (χ2n) is 4.57. The van der Waals surface area contributed by atoms with Crippen molar-refractivity contribution in [1.29, 1.82) is 0 Å². The molecule has 1 atom stereocenters. The number of amides is 1. The Hall–Kier alpha value is -1.00. The summed E-state index contributed by atoms with van der Waals surface area (Å²) in [6, 6.07) is 3.99. The number of carbonyl (C=O) groups excluding carboxylic acids is 1. The summed E-state index contributed by atoms with van der Waals surface area (Å²) in [4.78, 5) is 14.1. The monoisotopic (exact) mass is 257 g/mol. The van der Waals surface area contributed by atoms with Crippen molar-refractivity contribution in [3.05, 3.63) is 23.5 Å². The lowest BCUT2D eigenvalue weighted by atomic mass is 10.1. The van der Waals surface area contributed by atoms with Gasteiger partial charge in [-0.3, -0.25) is 4.79 Å². The third-order valence-electron chi connectivity index (χ3n) is 3.34. The molecular formula is C12H20ClN3O. The molecule has 0 spiro atoms. The fourth-order valence-electron chi connectivity index (χ4n) is 2.18. The summed E-state index contributed by atoms with van der Waals surface area (Å²) in [5.41, 5.74) is 7.74. The zero-order valence-corrected chi connectivity index (χ0v) is 11.2. The van der Waals surface area contributed by atoms with E-state index in [4.69, 9.17) is 5.73 Å². The topological polar surface area (TPSA) is 51.3 Å². The minimum atomic E-state index is 0. The van der Waals surface area contributed by atoms with Gasteiger partial charge in [0.25, 0.3) is 5.91 Å². The van der Waals surface area contributed by atoms with Gasteiger partial charge < -0.3 is 15.2 Å². The molecule has 17 heavy (non-hydrogen) atoms. The molecule has 4 nitrogen and oxygen atoms in total. The van der Waals surface area contributed by atoms with Gasteiger partial charge in [0.2, 0.25) is 0 Å². The Morgan fingerprint density at radius 3 is 2.71 bits per heavy atom. The predicted octanol–water partition coefficient (Wildman–Crippen LogP) is 1.32. The summed E-state index contributed by atoms with van der Waals surface area (Å²) in [5, 5.41) is 0. The number of hydrogen-bond acceptors (Lipinski definition) is 2. The van der Waals surface area contributed by atoms with Gasteiger partial charge in [-0.25, -0.2) is 0 Å². The molecule has 5 heteroatoms. The van der Waals surface area contributed by atoms with Gasteiger partial charge in [0.1, 0.15) is 5.69 Å². The summed E-state index contributed by atoms with van der Waals surface area (Å²) in [7, 11) is 1.92. The largest absolute Gasteiger partial charge is 0.344 e. The van der Waals surface area contributed by atoms with E-state index in [1.54, 1.807) is 0 Å². The number of nitrogens with two attached hydrogens (primary N) is 1. The molecule has 1 unspecified atom stereocenters. The van der Waals surface area contributed by atoms with Crippen LogP contribution in [-0.2, 0) is 7.05 Å². The minimum Gasteiger partial charge on any atom is -0.344 e. The van der Waals surface area contributed by atoms with E-state index >= 15 is 0 Å². The molecule has 0 bridgehead atoms. The van der Waals surface area contributed by atoms with Crippen molar-refractivity contribution in [3.63, 3.8) is 0 Å². The maximum absolute atomic E-state index is 12.2. The molecule has 1 aliphatic rings. The van der Waals surface area contributed by atoms with Crippen molar-refractivity contribution in [2.45, 2.75) is 25.8 Å². The highest BCUT2D eigenvalue weighted by Crippen LogP contribution is 2.14. The van der Waals surface area contributed by atoms with Gasteiger partial charge in [-0.2, -0.15) is 0 Å². The zero-order chi connectivity index (χ0) is 11.7. The zero-order valence-electron chi connectivity index (χ0n) is 10.3. The molecule has 0 aliphatic carbocycles. The van der Waals surface area contributed by atoms with Gasteiger partial charge in [-0.15, -0.1) is 12.4 Å². The molecule has 2 rings (SSSR count). The summed E-state index contributed by atoms with van der Waals surface area (Å²) in [6.07, 6.45) is 2.03. The second kappa shape index (κ2) is 5.56. The number of halogens is 1. The Morgan fingerprint density at radius 2 is 2.18 bits per heavy atom. The van der Waals surface area contributed by atoms with Crippen LogP contribution in [-0.4, -0.2) is 34.5 Å². The van der Waals surface area contributed by atoms with Crippen LogP contribution in [0.25, 0.3) is 0 Å². The van der Waals surface area contributed by atoms with E-state index in [1.807, 2.05) is 35.6 Å². The fourth-order valence-corrected chi connectivity index (χ4v) is 2.18. The van der Waals surface area contributed by atoms with Gasteiger partial charge in [-0.1, -0.05) is 0 Å². The van der Waals surface area contributed by atoms with Gasteiger partial charge in [0.15, 0.2) is 0 Å². The number of aryl methyl sites for hydroxylation is 1. The molecule has 0 radical (unpaired) electrons. The Morgan fingerprint density at radius 1 is 1.47 bits per heavy atom. The van der Waals surface area contributed by atoms with Crippen molar-refractivity contribution < 1.29 is 4.79 Å². The lowest BCUT2D eigenvalue weighted by molar-refractivity contribution is 0.0699. The van der Waals surface area contributed by atoms with Crippen LogP contribution in [0.1, 0.15) is 29.0 Å². The van der Waals surface area contributed by atoms with Crippen molar-refractivity contribution >= 4 is 18.3 Å². The quantitative estimate of drug-likeness (QED) is 0.825. The highest BCUT2D eigenvalue weighted by Gasteiger charge is 2.23. The van der Waals surface area contributed by atoms with Crippen LogP contribution < -0.4 is 5.73 Å². The van der Waals surface area contributed by atoms with E-state index in [1.165, 1.54) is 0 Å². The molecule has 0 aromatic carbocycles. The lowest BCUT2D eigenvalue weighted by Crippen LogP contribution is -2.46. The van der Waals surface area contributed by atoms with E-state index < -0.39 is 0 Å². The predicted molar refractivity (Wildman–Crippen MR) is 70.5 cm³/mol. The second-order valence-corrected chi connectivity index (χ2v) is 4.57. The fraction of sp³-hybridized carbons (Fsp3) is 0.583. The van der Waals surface area contributed by atoms with Crippen molar-refractivity contribution in [1.82, 2.24) is 9.47 Å². The molecule has 1 aromatic rings. The van der Waals surface area contributed by atoms with Crippen LogP contribution in [0.15, 0.2) is 12.1 Å². The Labute approximate surface area is 108 Å². The van der Waals surface area contributed by atoms with E-state index in [0.717, 1.165) is 30.8 Å². The molecule has 0 saturated carbocycles. The number of hydrogen-bond donors (Lipinski definition) is 1. The van der Waals surface area contributed by atoms with Crippen LogP contribution in [0.3, 0.4) is 0 Å². The minimum absolute atomic E-state index is 0. The van der Waals surface area contributed by atoms with Gasteiger partial charge >= 0.3 is 0 Å². The molecular weight excluding hydrogens is 238 g/mol. The van der Waals surface area contributed by atoms with Crippen LogP contribution in [0.2, 0.25) is 0 Å². The highest BCUT2D eigenvalue weighted by atomic mass is 35.5. The van der Waals surface area contributed by atoms with Crippen molar-refractivity contribution in [3.8, 4) is 0 Å². The average molecular weight is 258 g/mol. The first-order valence-corrected chi connectivity index (χ1v) is 5.77. The SMILES string of the molecule is Cc1ccc(C(=O)N2CCCC(N)C2)n1C.Cl. The van der Waals surface area contributed by atoms with Crippen LogP contribution >= 0.6 is 12.4 Å². The summed E-state index contributed by atoms with van der Waals surface area (Å²) < 4.78 is 1.93. The first-order valence-electron chi connectivity index (χ1n) is 5.77. The standard InChI is InChI=1S/C12H19N3O.ClH/c1-9-5-6-11(14(9)2)12(16)15-7-3-4-10(13)8-15;/h5-6,10H,3-4,7-8,13H2,1-2H3;1H. The lowest BCUT2D eigenvalue weighted by Gasteiger charge is -2.30. The van der Waals surface area contributed by atoms with Crippen LogP contribution in [0, 0.1) is 6.92 Å². The number of piperidine rings is 1. The van der Waals surface area contributed by atoms with Gasteiger partial charge in [0.05, 0.1) is 0 Å². The Balaban J connectivity index is 0.00000144. The summed E-state index contributed by atoms with van der Waals surface area (Å²) in [5.74, 6) is 0.103. The smallest absolute Gasteiger partial charge is 0.270 e. The van der Waals surface area contributed by atoms with Crippen LogP contribution in [0.4, 0.5) is 0 Å². The molecule has 96 valence electrons. The molecule has 2 heterocycles. The van der Waals surface area contributed by atoms with E-state index in [0.29, 0.717) is 6.54 Å². The number of rotatable bonds is 1. The maximum Gasteiger partial charge on any atom is 0.270 e. The van der Waals surface area contributed by atoms with E-state index in [2.05, 4.69) is 0 Å². The normalized spacial score (nSPS) is 19.9. The number of nitrogens with zero attached hydrogens (tertiary/aromatic N) is 2. The van der Waals surface area contributed by atoms with Gasteiger partial charge in [-0.05, 0) is 31.9 Å². The highest BCUT2D eigenvalue weighted by molar-refractivity contribution is 5.93. The number of likely N-dealkylation sites (tertiary alicyclic amines) is 1. The Bertz CT molecular complexity index is 402. The third-order valence-corrected chi connectivity index (χ3v) is 3.34. The summed E-state index contributed by atoms with van der Waals surface area (Å²) >= 11 is 0. The van der Waals surface area contributed by atoms with Crippen molar-refractivity contribution in [2.24, 2.45) is 12.8 Å². The molecule has 1 fully saturated rings. The van der Waals surface area contributed by atoms with E-state index in [9.17, 15) is 4.79 Å². The van der Waals surface area contributed by atoms with E-state index in [-0.39, 0.29) is 24.4 Å². The first-order chi connectivity index (χ1) is 7.59. The molecule has 1 aliphatic heterocycles. The number of aromatic nitrogens is 1. The molecule has 1 saturated heterocycles. The average Bonchev–Trinajstić information content (AvgIpc) is 2.59. The first kappa shape index (κ1) is 14.1. The van der Waals surface area contributed by atoms with Crippen molar-refractivity contribution in [2.75, 3.05) is 13.1 Å². The number of carbonyl (C=O) groups is 1. The molecule has 1 aromatic heterocycles. The van der Waals surface area contributed by atoms with Gasteiger partial charge in [0, 0.05) is 31.9 Å². The maximum atomic E-state index is 12.2. The van der Waals surface area contributed by atoms with Crippen LogP contribution in [0.5, 0.6) is 0 Å². The third kappa shape index (κ3) is 2.82. The Kier molecular flexibility index (Phi) is 4.60. The molecule has 2 N–H and O–H groups in total. The summed E-state index contributed by atoms with van der Waals surface area (Å²) in [6.45, 7) is 3.51.